The quantitative estimate of drug-likeness (QED) is 0.898. The molecule has 1 aromatic carbocycles. The standard InChI is InChI=1S/C15H18N4O2S2/c1-23(20,21)19-7-6-11-8-10(2-5-14(11)19)13-9-22-15(18-17-13)16-12-3-4-12/h2,5,8,12H,3-4,6-7,9H2,1H3,(H,16,18). The highest BCUT2D eigenvalue weighted by Crippen LogP contribution is 2.31. The number of hydrogen-bond donors (Lipinski definition) is 1. The molecule has 122 valence electrons. The van der Waals surface area contributed by atoms with Gasteiger partial charge in [0, 0.05) is 12.3 Å². The van der Waals surface area contributed by atoms with Crippen LogP contribution in [-0.4, -0.2) is 43.9 Å². The molecule has 1 fully saturated rings. The molecular weight excluding hydrogens is 332 g/mol. The average Bonchev–Trinajstić information content (AvgIpc) is 3.22. The summed E-state index contributed by atoms with van der Waals surface area (Å²) < 4.78 is 25.0. The Hall–Kier alpha value is -1.54. The molecule has 0 unspecified atom stereocenters. The average molecular weight is 350 g/mol. The van der Waals surface area contributed by atoms with Crippen LogP contribution in [0, 0.1) is 0 Å². The van der Waals surface area contributed by atoms with E-state index in [4.69, 9.17) is 0 Å². The number of fused-ring (bicyclic) bond motifs is 1. The third-order valence-electron chi connectivity index (χ3n) is 4.14. The SMILES string of the molecule is CS(=O)(=O)N1CCc2cc(C3=NNC(=NC4CC4)SC3)ccc21. The zero-order chi connectivity index (χ0) is 16.0. The van der Waals surface area contributed by atoms with Crippen LogP contribution >= 0.6 is 11.8 Å². The van der Waals surface area contributed by atoms with E-state index in [0.717, 1.165) is 39.9 Å². The van der Waals surface area contributed by atoms with Gasteiger partial charge in [-0.25, -0.2) is 8.42 Å². The van der Waals surface area contributed by atoms with Crippen LogP contribution in [-0.2, 0) is 16.4 Å². The lowest BCUT2D eigenvalue weighted by Gasteiger charge is -2.18. The van der Waals surface area contributed by atoms with Crippen molar-refractivity contribution in [3.05, 3.63) is 29.3 Å². The fraction of sp³-hybridized carbons (Fsp3) is 0.467. The van der Waals surface area contributed by atoms with Crippen molar-refractivity contribution in [2.24, 2.45) is 10.1 Å². The third-order valence-corrected chi connectivity index (χ3v) is 6.21. The molecule has 23 heavy (non-hydrogen) atoms. The first kappa shape index (κ1) is 15.0. The highest BCUT2D eigenvalue weighted by Gasteiger charge is 2.27. The Labute approximate surface area is 140 Å². The minimum Gasteiger partial charge on any atom is -0.270 e. The summed E-state index contributed by atoms with van der Waals surface area (Å²) in [7, 11) is -3.20. The molecule has 0 bridgehead atoms. The van der Waals surface area contributed by atoms with E-state index in [1.165, 1.54) is 23.4 Å². The van der Waals surface area contributed by atoms with E-state index in [1.54, 1.807) is 11.8 Å². The molecule has 0 amide bonds. The second kappa shape index (κ2) is 5.52. The number of nitrogens with one attached hydrogen (secondary N) is 1. The van der Waals surface area contributed by atoms with Gasteiger partial charge in [0.15, 0.2) is 5.17 Å². The number of hydrogen-bond acceptors (Lipinski definition) is 5. The van der Waals surface area contributed by atoms with Crippen molar-refractivity contribution >= 4 is 38.4 Å². The lowest BCUT2D eigenvalue weighted by Crippen LogP contribution is -2.27. The van der Waals surface area contributed by atoms with E-state index in [2.05, 4.69) is 21.6 Å². The molecule has 0 atom stereocenters. The van der Waals surface area contributed by atoms with E-state index < -0.39 is 10.0 Å². The van der Waals surface area contributed by atoms with Gasteiger partial charge in [0.2, 0.25) is 10.0 Å². The summed E-state index contributed by atoms with van der Waals surface area (Å²) >= 11 is 1.67. The van der Waals surface area contributed by atoms with Crippen molar-refractivity contribution < 1.29 is 8.42 Å². The van der Waals surface area contributed by atoms with Crippen LogP contribution in [0.1, 0.15) is 24.0 Å². The van der Waals surface area contributed by atoms with Crippen molar-refractivity contribution in [2.45, 2.75) is 25.3 Å². The molecular formula is C15H18N4O2S2. The van der Waals surface area contributed by atoms with E-state index in [0.29, 0.717) is 12.6 Å². The van der Waals surface area contributed by atoms with Crippen molar-refractivity contribution in [1.82, 2.24) is 5.43 Å². The molecule has 0 spiro atoms. The minimum atomic E-state index is -3.20. The van der Waals surface area contributed by atoms with Crippen LogP contribution in [0.5, 0.6) is 0 Å². The summed E-state index contributed by atoms with van der Waals surface area (Å²) in [4.78, 5) is 4.56. The molecule has 1 N–H and O–H groups in total. The predicted octanol–water partition coefficient (Wildman–Crippen LogP) is 1.57. The smallest absolute Gasteiger partial charge is 0.232 e. The van der Waals surface area contributed by atoms with Crippen LogP contribution in [0.3, 0.4) is 0 Å². The molecule has 0 saturated heterocycles. The van der Waals surface area contributed by atoms with Gasteiger partial charge >= 0.3 is 0 Å². The van der Waals surface area contributed by atoms with Gasteiger partial charge < -0.3 is 0 Å². The Balaban J connectivity index is 1.56. The van der Waals surface area contributed by atoms with Crippen LogP contribution in [0.25, 0.3) is 0 Å². The van der Waals surface area contributed by atoms with Crippen LogP contribution in [0.2, 0.25) is 0 Å². The highest BCUT2D eigenvalue weighted by atomic mass is 32.2. The number of aliphatic imine (C=N–C) groups is 1. The van der Waals surface area contributed by atoms with Gasteiger partial charge in [-0.1, -0.05) is 17.8 Å². The Morgan fingerprint density at radius 3 is 2.87 bits per heavy atom. The van der Waals surface area contributed by atoms with E-state index in [-0.39, 0.29) is 0 Å². The lowest BCUT2D eigenvalue weighted by molar-refractivity contribution is 0.598. The molecule has 4 rings (SSSR count). The van der Waals surface area contributed by atoms with Gasteiger partial charge in [0.25, 0.3) is 0 Å². The Kier molecular flexibility index (Phi) is 3.60. The minimum absolute atomic E-state index is 0.490. The van der Waals surface area contributed by atoms with Crippen LogP contribution in [0.15, 0.2) is 28.3 Å². The number of hydrazone groups is 1. The summed E-state index contributed by atoms with van der Waals surface area (Å²) in [5.41, 5.74) is 6.92. The van der Waals surface area contributed by atoms with E-state index >= 15 is 0 Å². The first-order valence-electron chi connectivity index (χ1n) is 7.65. The molecule has 1 aliphatic carbocycles. The topological polar surface area (TPSA) is 74.1 Å². The normalized spacial score (nSPS) is 22.7. The zero-order valence-electron chi connectivity index (χ0n) is 12.8. The van der Waals surface area contributed by atoms with Crippen molar-refractivity contribution in [1.29, 1.82) is 0 Å². The van der Waals surface area contributed by atoms with Gasteiger partial charge in [0.05, 0.1) is 23.7 Å². The Bertz CT molecular complexity index is 813. The molecule has 2 aliphatic heterocycles. The van der Waals surface area contributed by atoms with Crippen LogP contribution in [0.4, 0.5) is 5.69 Å². The molecule has 2 heterocycles. The number of sulfonamides is 1. The number of benzene rings is 1. The van der Waals surface area contributed by atoms with Gasteiger partial charge in [-0.3, -0.25) is 14.7 Å². The first-order chi connectivity index (χ1) is 11.0. The summed E-state index contributed by atoms with van der Waals surface area (Å²) in [6, 6.07) is 6.39. The number of anilines is 1. The summed E-state index contributed by atoms with van der Waals surface area (Å²) in [5, 5.41) is 5.34. The van der Waals surface area contributed by atoms with Gasteiger partial charge in [-0.05, 0) is 42.5 Å². The van der Waals surface area contributed by atoms with Crippen LogP contribution < -0.4 is 9.73 Å². The van der Waals surface area contributed by atoms with Gasteiger partial charge in [0.1, 0.15) is 0 Å². The molecule has 0 aromatic heterocycles. The third kappa shape index (κ3) is 3.10. The fourth-order valence-corrected chi connectivity index (χ4v) is 4.59. The highest BCUT2D eigenvalue weighted by molar-refractivity contribution is 8.14. The summed E-state index contributed by atoms with van der Waals surface area (Å²) in [6.45, 7) is 0.523. The first-order valence-corrected chi connectivity index (χ1v) is 10.5. The van der Waals surface area contributed by atoms with E-state index in [9.17, 15) is 8.42 Å². The maximum Gasteiger partial charge on any atom is 0.232 e. The number of nitrogens with zero attached hydrogens (tertiary/aromatic N) is 3. The molecule has 6 nitrogen and oxygen atoms in total. The van der Waals surface area contributed by atoms with E-state index in [1.807, 2.05) is 12.1 Å². The molecule has 3 aliphatic rings. The summed E-state index contributed by atoms with van der Waals surface area (Å²) in [6.07, 6.45) is 4.37. The Morgan fingerprint density at radius 1 is 1.39 bits per heavy atom. The molecule has 1 aromatic rings. The van der Waals surface area contributed by atoms with Gasteiger partial charge in [-0.2, -0.15) is 5.10 Å². The number of thioether (sulfide) groups is 1. The van der Waals surface area contributed by atoms with Crippen molar-refractivity contribution in [3.63, 3.8) is 0 Å². The maximum absolute atomic E-state index is 11.8. The van der Waals surface area contributed by atoms with Gasteiger partial charge in [-0.15, -0.1) is 0 Å². The van der Waals surface area contributed by atoms with Crippen molar-refractivity contribution in [2.75, 3.05) is 22.9 Å². The number of rotatable bonds is 3. The maximum atomic E-state index is 11.8. The second-order valence-corrected chi connectivity index (χ2v) is 8.92. The molecule has 8 heteroatoms. The zero-order valence-corrected chi connectivity index (χ0v) is 14.5. The largest absolute Gasteiger partial charge is 0.270 e. The monoisotopic (exact) mass is 350 g/mol. The fourth-order valence-electron chi connectivity index (χ4n) is 2.80. The summed E-state index contributed by atoms with van der Waals surface area (Å²) in [5.74, 6) is 0.785. The Morgan fingerprint density at radius 2 is 2.22 bits per heavy atom. The lowest BCUT2D eigenvalue weighted by atomic mass is 10.1. The number of amidine groups is 1. The molecule has 1 saturated carbocycles. The van der Waals surface area contributed by atoms with Crippen molar-refractivity contribution in [3.8, 4) is 0 Å². The predicted molar refractivity (Wildman–Crippen MR) is 94.9 cm³/mol. The second-order valence-electron chi connectivity index (χ2n) is 6.05. The molecule has 0 radical (unpaired) electrons.